The third-order valence-electron chi connectivity index (χ3n) is 3.34. The highest BCUT2D eigenvalue weighted by Crippen LogP contribution is 2.23. The molecule has 0 saturated heterocycles. The van der Waals surface area contributed by atoms with Crippen LogP contribution in [0.2, 0.25) is 5.02 Å². The Bertz CT molecular complexity index is 783. The van der Waals surface area contributed by atoms with Crippen LogP contribution >= 0.6 is 39.1 Å². The van der Waals surface area contributed by atoms with E-state index in [4.69, 9.17) is 23.2 Å². The second kappa shape index (κ2) is 6.39. The SMILES string of the molecule is ClCCc1nc2cc(Cl)ccc2n1Cc1cccc(Br)c1. The normalized spacial score (nSPS) is 11.2. The van der Waals surface area contributed by atoms with Gasteiger partial charge in [-0.25, -0.2) is 4.98 Å². The van der Waals surface area contributed by atoms with Gasteiger partial charge in [0.15, 0.2) is 0 Å². The van der Waals surface area contributed by atoms with Crippen LogP contribution in [-0.2, 0) is 13.0 Å². The topological polar surface area (TPSA) is 17.8 Å². The molecule has 3 rings (SSSR count). The number of aromatic nitrogens is 2. The average Bonchev–Trinajstić information content (AvgIpc) is 2.76. The lowest BCUT2D eigenvalue weighted by atomic mass is 10.2. The Morgan fingerprint density at radius 3 is 2.76 bits per heavy atom. The quantitative estimate of drug-likeness (QED) is 0.560. The van der Waals surface area contributed by atoms with Crippen molar-refractivity contribution in [3.8, 4) is 0 Å². The molecule has 0 aliphatic carbocycles. The molecule has 1 heterocycles. The first-order chi connectivity index (χ1) is 10.2. The van der Waals surface area contributed by atoms with E-state index in [2.05, 4.69) is 37.6 Å². The Morgan fingerprint density at radius 2 is 2.00 bits per heavy atom. The van der Waals surface area contributed by atoms with Crippen molar-refractivity contribution < 1.29 is 0 Å². The van der Waals surface area contributed by atoms with Crippen LogP contribution in [0.15, 0.2) is 46.9 Å². The van der Waals surface area contributed by atoms with Crippen molar-refractivity contribution in [2.24, 2.45) is 0 Å². The van der Waals surface area contributed by atoms with E-state index >= 15 is 0 Å². The number of halogens is 3. The van der Waals surface area contributed by atoms with Gasteiger partial charge < -0.3 is 4.57 Å². The molecule has 108 valence electrons. The van der Waals surface area contributed by atoms with Gasteiger partial charge in [0.25, 0.3) is 0 Å². The Balaban J connectivity index is 2.08. The molecule has 2 nitrogen and oxygen atoms in total. The van der Waals surface area contributed by atoms with Crippen molar-refractivity contribution in [2.45, 2.75) is 13.0 Å². The second-order valence-electron chi connectivity index (χ2n) is 4.82. The summed E-state index contributed by atoms with van der Waals surface area (Å²) in [5.74, 6) is 1.54. The van der Waals surface area contributed by atoms with Crippen molar-refractivity contribution in [3.63, 3.8) is 0 Å². The standard InChI is InChI=1S/C16H13BrCl2N2/c17-12-3-1-2-11(8-12)10-21-15-5-4-13(19)9-14(15)20-16(21)6-7-18/h1-5,8-9H,6-7,10H2. The Labute approximate surface area is 141 Å². The van der Waals surface area contributed by atoms with Gasteiger partial charge in [0.2, 0.25) is 0 Å². The van der Waals surface area contributed by atoms with Gasteiger partial charge in [0.05, 0.1) is 11.0 Å². The molecule has 1 aromatic heterocycles. The number of benzene rings is 2. The number of hydrogen-bond acceptors (Lipinski definition) is 1. The number of imidazole rings is 1. The summed E-state index contributed by atoms with van der Waals surface area (Å²) in [7, 11) is 0. The first kappa shape index (κ1) is 14.9. The van der Waals surface area contributed by atoms with E-state index in [9.17, 15) is 0 Å². The molecule has 0 saturated carbocycles. The number of rotatable bonds is 4. The molecule has 0 aliphatic heterocycles. The first-order valence-electron chi connectivity index (χ1n) is 6.62. The number of hydrogen-bond donors (Lipinski definition) is 0. The summed E-state index contributed by atoms with van der Waals surface area (Å²) >= 11 is 15.5. The van der Waals surface area contributed by atoms with Crippen LogP contribution in [0.1, 0.15) is 11.4 Å². The molecule has 0 N–H and O–H groups in total. The Kier molecular flexibility index (Phi) is 4.53. The van der Waals surface area contributed by atoms with Gasteiger partial charge in [0, 0.05) is 28.3 Å². The molecule has 0 unspecified atom stereocenters. The van der Waals surface area contributed by atoms with Gasteiger partial charge in [-0.2, -0.15) is 0 Å². The number of nitrogens with zero attached hydrogens (tertiary/aromatic N) is 2. The van der Waals surface area contributed by atoms with Crippen molar-refractivity contribution in [3.05, 3.63) is 63.3 Å². The largest absolute Gasteiger partial charge is 0.323 e. The molecule has 5 heteroatoms. The average molecular weight is 384 g/mol. The summed E-state index contributed by atoms with van der Waals surface area (Å²) in [6, 6.07) is 14.1. The summed E-state index contributed by atoms with van der Waals surface area (Å²) in [5, 5.41) is 0.701. The van der Waals surface area contributed by atoms with Gasteiger partial charge in [-0.1, -0.05) is 39.7 Å². The van der Waals surface area contributed by atoms with Crippen LogP contribution in [0.5, 0.6) is 0 Å². The van der Waals surface area contributed by atoms with Crippen LogP contribution in [0, 0.1) is 0 Å². The van der Waals surface area contributed by atoms with Crippen molar-refractivity contribution >= 4 is 50.2 Å². The molecule has 0 spiro atoms. The smallest absolute Gasteiger partial charge is 0.111 e. The first-order valence-corrected chi connectivity index (χ1v) is 8.33. The second-order valence-corrected chi connectivity index (χ2v) is 6.55. The van der Waals surface area contributed by atoms with E-state index in [0.29, 0.717) is 10.9 Å². The van der Waals surface area contributed by atoms with E-state index in [1.807, 2.05) is 30.3 Å². The third-order valence-corrected chi connectivity index (χ3v) is 4.25. The molecular formula is C16H13BrCl2N2. The van der Waals surface area contributed by atoms with E-state index in [-0.39, 0.29) is 0 Å². The van der Waals surface area contributed by atoms with Gasteiger partial charge in [-0.05, 0) is 35.9 Å². The zero-order valence-corrected chi connectivity index (χ0v) is 14.3. The van der Waals surface area contributed by atoms with E-state index in [1.165, 1.54) is 5.56 Å². The van der Waals surface area contributed by atoms with Crippen LogP contribution in [0.3, 0.4) is 0 Å². The van der Waals surface area contributed by atoms with Gasteiger partial charge in [0.1, 0.15) is 5.82 Å². The highest BCUT2D eigenvalue weighted by molar-refractivity contribution is 9.10. The molecular weight excluding hydrogens is 371 g/mol. The highest BCUT2D eigenvalue weighted by atomic mass is 79.9. The molecule has 0 bridgehead atoms. The fraction of sp³-hybridized carbons (Fsp3) is 0.188. The van der Waals surface area contributed by atoms with Crippen LogP contribution < -0.4 is 0 Å². The molecule has 2 aromatic carbocycles. The maximum absolute atomic E-state index is 6.06. The van der Waals surface area contributed by atoms with Gasteiger partial charge >= 0.3 is 0 Å². The number of aryl methyl sites for hydroxylation is 1. The zero-order valence-electron chi connectivity index (χ0n) is 11.2. The molecule has 0 fully saturated rings. The predicted octanol–water partition coefficient (Wildman–Crippen LogP) is 5.28. The minimum atomic E-state index is 0.551. The fourth-order valence-corrected chi connectivity index (χ4v) is 3.20. The molecule has 21 heavy (non-hydrogen) atoms. The van der Waals surface area contributed by atoms with E-state index in [1.54, 1.807) is 0 Å². The van der Waals surface area contributed by atoms with Crippen molar-refractivity contribution in [1.82, 2.24) is 9.55 Å². The zero-order chi connectivity index (χ0) is 14.8. The molecule has 0 amide bonds. The summed E-state index contributed by atoms with van der Waals surface area (Å²) < 4.78 is 3.28. The van der Waals surface area contributed by atoms with Crippen molar-refractivity contribution in [1.29, 1.82) is 0 Å². The summed E-state index contributed by atoms with van der Waals surface area (Å²) in [6.07, 6.45) is 0.738. The van der Waals surface area contributed by atoms with E-state index in [0.717, 1.165) is 34.3 Å². The van der Waals surface area contributed by atoms with Crippen LogP contribution in [-0.4, -0.2) is 15.4 Å². The minimum absolute atomic E-state index is 0.551. The maximum atomic E-state index is 6.06. The fourth-order valence-electron chi connectivity index (χ4n) is 2.42. The molecule has 0 aliphatic rings. The number of alkyl halides is 1. The lowest BCUT2D eigenvalue weighted by Gasteiger charge is -2.09. The van der Waals surface area contributed by atoms with E-state index < -0.39 is 0 Å². The van der Waals surface area contributed by atoms with Crippen molar-refractivity contribution in [2.75, 3.05) is 5.88 Å². The Morgan fingerprint density at radius 1 is 1.14 bits per heavy atom. The minimum Gasteiger partial charge on any atom is -0.323 e. The predicted molar refractivity (Wildman–Crippen MR) is 92.4 cm³/mol. The number of fused-ring (bicyclic) bond motifs is 1. The van der Waals surface area contributed by atoms with Gasteiger partial charge in [-0.3, -0.25) is 0 Å². The lowest BCUT2D eigenvalue weighted by molar-refractivity contribution is 0.754. The van der Waals surface area contributed by atoms with Crippen LogP contribution in [0.25, 0.3) is 11.0 Å². The third kappa shape index (κ3) is 3.25. The molecule has 3 aromatic rings. The summed E-state index contributed by atoms with van der Waals surface area (Å²) in [5.41, 5.74) is 3.21. The Hall–Kier alpha value is -1.03. The summed E-state index contributed by atoms with van der Waals surface area (Å²) in [6.45, 7) is 0.768. The molecule has 0 atom stereocenters. The van der Waals surface area contributed by atoms with Crippen LogP contribution in [0.4, 0.5) is 0 Å². The molecule has 0 radical (unpaired) electrons. The monoisotopic (exact) mass is 382 g/mol. The van der Waals surface area contributed by atoms with Gasteiger partial charge in [-0.15, -0.1) is 11.6 Å². The lowest BCUT2D eigenvalue weighted by Crippen LogP contribution is -2.06. The summed E-state index contributed by atoms with van der Waals surface area (Å²) in [4.78, 5) is 4.66. The maximum Gasteiger partial charge on any atom is 0.111 e. The highest BCUT2D eigenvalue weighted by Gasteiger charge is 2.11.